The zero-order valence-electron chi connectivity index (χ0n) is 9.61. The molecule has 1 N–H and O–H groups in total. The number of hydrogen-bond donors (Lipinski definition) is 1. The van der Waals surface area contributed by atoms with Crippen LogP contribution in [0.5, 0.6) is 0 Å². The number of thioether (sulfide) groups is 1. The Morgan fingerprint density at radius 1 is 1.44 bits per heavy atom. The second-order valence-corrected chi connectivity index (χ2v) is 5.24. The van der Waals surface area contributed by atoms with Gasteiger partial charge in [-0.3, -0.25) is 10.4 Å². The van der Waals surface area contributed by atoms with Gasteiger partial charge in [0.15, 0.2) is 5.17 Å². The Morgan fingerprint density at radius 2 is 2.25 bits per heavy atom. The average Bonchev–Trinajstić information content (AvgIpc) is 2.38. The van der Waals surface area contributed by atoms with Crippen molar-refractivity contribution in [1.29, 1.82) is 0 Å². The highest BCUT2D eigenvalue weighted by molar-refractivity contribution is 8.14. The third-order valence-electron chi connectivity index (χ3n) is 3.09. The molecular formula is C12H19N3S. The number of nitrogens with zero attached hydrogens (tertiary/aromatic N) is 2. The van der Waals surface area contributed by atoms with Crippen LogP contribution < -0.4 is 5.43 Å². The van der Waals surface area contributed by atoms with E-state index < -0.39 is 0 Å². The van der Waals surface area contributed by atoms with Crippen molar-refractivity contribution in [3.63, 3.8) is 0 Å². The highest BCUT2D eigenvalue weighted by Gasteiger charge is 2.22. The maximum atomic E-state index is 4.47. The molecule has 0 unspecified atom stereocenters. The lowest BCUT2D eigenvalue weighted by molar-refractivity contribution is 0.437. The second-order valence-electron chi connectivity index (χ2n) is 4.27. The fourth-order valence-corrected chi connectivity index (χ4v) is 3.06. The van der Waals surface area contributed by atoms with Crippen molar-refractivity contribution in [2.24, 2.45) is 16.0 Å². The van der Waals surface area contributed by atoms with Crippen LogP contribution in [0.1, 0.15) is 32.1 Å². The summed E-state index contributed by atoms with van der Waals surface area (Å²) in [5.41, 5.74) is 4.39. The molecule has 88 valence electrons. The van der Waals surface area contributed by atoms with Crippen molar-refractivity contribution in [3.8, 4) is 0 Å². The molecule has 0 atom stereocenters. The van der Waals surface area contributed by atoms with E-state index in [4.69, 9.17) is 0 Å². The third-order valence-corrected chi connectivity index (χ3v) is 4.03. The standard InChI is InChI=1S/C12H19N3S/c1-2-8-13-12-15-14-11(9-16-12)10-6-4-3-5-7-10/h2,10H,1,3-9H2,(H,13,15). The van der Waals surface area contributed by atoms with Crippen molar-refractivity contribution in [1.82, 2.24) is 5.43 Å². The molecule has 4 heteroatoms. The summed E-state index contributed by atoms with van der Waals surface area (Å²) in [4.78, 5) is 4.32. The van der Waals surface area contributed by atoms with Crippen LogP contribution in [0, 0.1) is 5.92 Å². The molecule has 1 aliphatic heterocycles. The Bertz CT molecular complexity index is 303. The maximum absolute atomic E-state index is 4.47. The zero-order chi connectivity index (χ0) is 11.2. The van der Waals surface area contributed by atoms with E-state index in [1.807, 2.05) is 0 Å². The summed E-state index contributed by atoms with van der Waals surface area (Å²) in [5.74, 6) is 1.72. The number of rotatable bonds is 3. The first kappa shape index (κ1) is 11.7. The molecule has 0 saturated heterocycles. The smallest absolute Gasteiger partial charge is 0.177 e. The average molecular weight is 237 g/mol. The molecule has 0 aromatic rings. The largest absolute Gasteiger partial charge is 0.257 e. The van der Waals surface area contributed by atoms with Gasteiger partial charge in [0.1, 0.15) is 0 Å². The normalized spacial score (nSPS) is 25.0. The van der Waals surface area contributed by atoms with Gasteiger partial charge in [-0.05, 0) is 18.8 Å². The van der Waals surface area contributed by atoms with Crippen molar-refractivity contribution < 1.29 is 0 Å². The number of amidine groups is 1. The minimum absolute atomic E-state index is 0.670. The van der Waals surface area contributed by atoms with Gasteiger partial charge in [-0.25, -0.2) is 0 Å². The Labute approximate surface area is 101 Å². The van der Waals surface area contributed by atoms with Crippen molar-refractivity contribution >= 4 is 22.6 Å². The molecule has 0 radical (unpaired) electrons. The van der Waals surface area contributed by atoms with Gasteiger partial charge >= 0.3 is 0 Å². The molecule has 2 aliphatic rings. The fraction of sp³-hybridized carbons (Fsp3) is 0.667. The number of hydrogen-bond acceptors (Lipinski definition) is 3. The first-order chi connectivity index (χ1) is 7.90. The maximum Gasteiger partial charge on any atom is 0.177 e. The van der Waals surface area contributed by atoms with Crippen molar-refractivity contribution in [2.75, 3.05) is 12.3 Å². The van der Waals surface area contributed by atoms with Crippen LogP contribution in [0.3, 0.4) is 0 Å². The summed E-state index contributed by atoms with van der Waals surface area (Å²) in [6, 6.07) is 0. The second kappa shape index (κ2) is 6.09. The lowest BCUT2D eigenvalue weighted by atomic mass is 9.86. The Hall–Kier alpha value is -0.770. The fourth-order valence-electron chi connectivity index (χ4n) is 2.20. The number of aliphatic imine (C=N–C) groups is 1. The van der Waals surface area contributed by atoms with Crippen LogP contribution in [-0.2, 0) is 0 Å². The molecule has 1 heterocycles. The van der Waals surface area contributed by atoms with E-state index in [9.17, 15) is 0 Å². The van der Waals surface area contributed by atoms with E-state index in [-0.39, 0.29) is 0 Å². The molecule has 0 bridgehead atoms. The van der Waals surface area contributed by atoms with E-state index in [0.29, 0.717) is 6.54 Å². The van der Waals surface area contributed by atoms with Crippen LogP contribution >= 0.6 is 11.8 Å². The van der Waals surface area contributed by atoms with Gasteiger partial charge in [-0.1, -0.05) is 37.1 Å². The Kier molecular flexibility index (Phi) is 4.45. The third kappa shape index (κ3) is 3.11. The molecule has 1 saturated carbocycles. The SMILES string of the molecule is C=CCN=C1NN=C(C2CCCCC2)CS1. The van der Waals surface area contributed by atoms with Gasteiger partial charge in [0.05, 0.1) is 12.3 Å². The van der Waals surface area contributed by atoms with Crippen LogP contribution in [0.4, 0.5) is 0 Å². The summed E-state index contributed by atoms with van der Waals surface area (Å²) in [6.45, 7) is 4.32. The minimum Gasteiger partial charge on any atom is -0.257 e. The van der Waals surface area contributed by atoms with Gasteiger partial charge in [-0.2, -0.15) is 5.10 Å². The van der Waals surface area contributed by atoms with E-state index in [0.717, 1.165) is 16.8 Å². The van der Waals surface area contributed by atoms with E-state index in [2.05, 4.69) is 22.1 Å². The first-order valence-electron chi connectivity index (χ1n) is 6.01. The summed E-state index contributed by atoms with van der Waals surface area (Å²) >= 11 is 1.77. The zero-order valence-corrected chi connectivity index (χ0v) is 10.4. The topological polar surface area (TPSA) is 36.8 Å². The van der Waals surface area contributed by atoms with E-state index in [1.165, 1.54) is 37.8 Å². The highest BCUT2D eigenvalue weighted by Crippen LogP contribution is 2.27. The summed E-state index contributed by atoms with van der Waals surface area (Å²) in [7, 11) is 0. The summed E-state index contributed by atoms with van der Waals surface area (Å²) in [6.07, 6.45) is 8.57. The minimum atomic E-state index is 0.670. The molecular weight excluding hydrogens is 218 g/mol. The quantitative estimate of drug-likeness (QED) is 0.766. The van der Waals surface area contributed by atoms with E-state index >= 15 is 0 Å². The number of nitrogens with one attached hydrogen (secondary N) is 1. The van der Waals surface area contributed by atoms with Gasteiger partial charge in [0, 0.05) is 5.75 Å². The van der Waals surface area contributed by atoms with Crippen LogP contribution in [0.15, 0.2) is 22.7 Å². The molecule has 1 aliphatic carbocycles. The summed E-state index contributed by atoms with van der Waals surface area (Å²) < 4.78 is 0. The molecule has 3 nitrogen and oxygen atoms in total. The van der Waals surface area contributed by atoms with Gasteiger partial charge in [0.2, 0.25) is 0 Å². The Balaban J connectivity index is 1.89. The lowest BCUT2D eigenvalue weighted by Gasteiger charge is -2.25. The summed E-state index contributed by atoms with van der Waals surface area (Å²) in [5, 5.41) is 5.40. The van der Waals surface area contributed by atoms with Crippen molar-refractivity contribution in [2.45, 2.75) is 32.1 Å². The van der Waals surface area contributed by atoms with Crippen LogP contribution in [0.25, 0.3) is 0 Å². The predicted octanol–water partition coefficient (Wildman–Crippen LogP) is 2.80. The van der Waals surface area contributed by atoms with E-state index in [1.54, 1.807) is 17.8 Å². The highest BCUT2D eigenvalue weighted by atomic mass is 32.2. The van der Waals surface area contributed by atoms with Gasteiger partial charge in [0.25, 0.3) is 0 Å². The van der Waals surface area contributed by atoms with Crippen molar-refractivity contribution in [3.05, 3.63) is 12.7 Å². The number of hydrazone groups is 1. The monoisotopic (exact) mass is 237 g/mol. The molecule has 0 amide bonds. The molecule has 0 spiro atoms. The van der Waals surface area contributed by atoms with Gasteiger partial charge < -0.3 is 0 Å². The van der Waals surface area contributed by atoms with Crippen LogP contribution in [-0.4, -0.2) is 23.2 Å². The van der Waals surface area contributed by atoms with Crippen LogP contribution in [0.2, 0.25) is 0 Å². The molecule has 0 aromatic heterocycles. The molecule has 16 heavy (non-hydrogen) atoms. The molecule has 1 fully saturated rings. The first-order valence-corrected chi connectivity index (χ1v) is 6.99. The van der Waals surface area contributed by atoms with Gasteiger partial charge in [-0.15, -0.1) is 6.58 Å². The molecule has 2 rings (SSSR count). The predicted molar refractivity (Wildman–Crippen MR) is 72.1 cm³/mol. The molecule has 0 aromatic carbocycles. The lowest BCUT2D eigenvalue weighted by Crippen LogP contribution is -2.30. The Morgan fingerprint density at radius 3 is 2.88 bits per heavy atom.